The number of nitrogens with one attached hydrogen (secondary N) is 2. The van der Waals surface area contributed by atoms with Crippen molar-refractivity contribution in [2.24, 2.45) is 37.0 Å². The van der Waals surface area contributed by atoms with E-state index in [-0.39, 0.29) is 53.7 Å². The average molecular weight is 624 g/mol. The molecule has 2 amide bonds. The van der Waals surface area contributed by atoms with Crippen LogP contribution in [0.4, 0.5) is 4.39 Å². The predicted molar refractivity (Wildman–Crippen MR) is 142 cm³/mol. The van der Waals surface area contributed by atoms with Crippen LogP contribution in [0, 0.1) is 36.4 Å². The molecule has 5 atom stereocenters. The Morgan fingerprint density at radius 3 is 2.73 bits per heavy atom. The minimum Gasteiger partial charge on any atom is -0.368 e. The highest BCUT2D eigenvalue weighted by Crippen LogP contribution is 2.48. The second kappa shape index (κ2) is 10.7. The van der Waals surface area contributed by atoms with Gasteiger partial charge in [0.1, 0.15) is 17.2 Å². The third-order valence-electron chi connectivity index (χ3n) is 8.02. The number of nitrogens with zero attached hydrogens (tertiary/aromatic N) is 4. The Hall–Kier alpha value is -2.58. The van der Waals surface area contributed by atoms with E-state index < -0.39 is 33.5 Å². The van der Waals surface area contributed by atoms with Crippen molar-refractivity contribution in [3.05, 3.63) is 46.9 Å². The van der Waals surface area contributed by atoms with E-state index in [1.807, 2.05) is 0 Å². The number of halogens is 2. The molecule has 2 aliphatic heterocycles. The third-order valence-corrected chi connectivity index (χ3v) is 9.81. The van der Waals surface area contributed by atoms with E-state index in [0.717, 1.165) is 24.8 Å². The van der Waals surface area contributed by atoms with Crippen molar-refractivity contribution in [1.82, 2.24) is 13.7 Å². The van der Waals surface area contributed by atoms with Gasteiger partial charge in [-0.3, -0.25) is 9.59 Å². The molecule has 0 saturated heterocycles. The molecule has 0 bridgehead atoms. The van der Waals surface area contributed by atoms with E-state index in [2.05, 4.69) is 30.9 Å². The van der Waals surface area contributed by atoms with Crippen LogP contribution in [0.5, 0.6) is 0 Å². The molecule has 12 heteroatoms. The number of carbonyl (C=O) groups is 2. The number of hydrogen-bond acceptors (Lipinski definition) is 8. The molecule has 1 aromatic rings. The van der Waals surface area contributed by atoms with Crippen molar-refractivity contribution in [2.45, 2.75) is 58.4 Å². The molecular weight excluding hydrogens is 594 g/mol. The Kier molecular flexibility index (Phi) is 7.50. The lowest BCUT2D eigenvalue weighted by atomic mass is 9.68. The van der Waals surface area contributed by atoms with Gasteiger partial charge in [0.2, 0.25) is 0 Å². The maximum atomic E-state index is 13.5. The second-order valence-electron chi connectivity index (χ2n) is 10.1. The smallest absolute Gasteiger partial charge is 0.270 e. The fourth-order valence-electron chi connectivity index (χ4n) is 6.03. The van der Waals surface area contributed by atoms with Crippen LogP contribution in [0.1, 0.15) is 43.7 Å². The third kappa shape index (κ3) is 5.23. The lowest BCUT2D eigenvalue weighted by molar-refractivity contribution is -0.124. The highest BCUT2D eigenvalue weighted by Gasteiger charge is 2.46. The molecule has 37 heavy (non-hydrogen) atoms. The molecule has 2 saturated carbocycles. The minimum atomic E-state index is -1.31. The maximum Gasteiger partial charge on any atom is 0.270 e. The van der Waals surface area contributed by atoms with Gasteiger partial charge in [-0.15, -0.1) is 8.36 Å². The molecule has 0 radical (unpaired) electrons. The van der Waals surface area contributed by atoms with Gasteiger partial charge in [0, 0.05) is 18.5 Å². The number of aliphatic hydroxyl groups excluding tert-OH is 1. The summed E-state index contributed by atoms with van der Waals surface area (Å²) in [6.45, 7) is 3.92. The van der Waals surface area contributed by atoms with Gasteiger partial charge in [-0.2, -0.15) is 0 Å². The second-order valence-corrected chi connectivity index (χ2v) is 12.0. The highest BCUT2D eigenvalue weighted by atomic mass is 127. The average Bonchev–Trinajstić information content (AvgIpc) is 3.51. The molecule has 1 aromatic carbocycles. The molecule has 0 spiro atoms. The summed E-state index contributed by atoms with van der Waals surface area (Å²) >= 11 is -0.945. The van der Waals surface area contributed by atoms with Gasteiger partial charge in [0.25, 0.3) is 17.8 Å². The zero-order valence-corrected chi connectivity index (χ0v) is 22.7. The largest absolute Gasteiger partial charge is 0.368 e. The quantitative estimate of drug-likeness (QED) is 0.219. The Labute approximate surface area is 224 Å². The molecule has 4 unspecified atom stereocenters. The topological polar surface area (TPSA) is 139 Å². The number of aryl methyl sites for hydroxylation is 1. The number of guanidine groups is 1. The van der Waals surface area contributed by atoms with Gasteiger partial charge in [-0.25, -0.2) is 12.5 Å². The van der Waals surface area contributed by atoms with Crippen molar-refractivity contribution < 1.29 is 24.2 Å². The zero-order valence-electron chi connectivity index (χ0n) is 20.6. The number of fused-ring (bicyclic) bond motifs is 2. The van der Waals surface area contributed by atoms with Gasteiger partial charge in [0.05, 0.1) is 0 Å². The number of rotatable bonds is 6. The molecule has 2 fully saturated rings. The summed E-state index contributed by atoms with van der Waals surface area (Å²) in [5.74, 6) is -0.184. The summed E-state index contributed by atoms with van der Waals surface area (Å²) in [6, 6.07) is 4.62. The monoisotopic (exact) mass is 624 g/mol. The Morgan fingerprint density at radius 1 is 1.19 bits per heavy atom. The Morgan fingerprint density at radius 2 is 1.97 bits per heavy atom. The minimum absolute atomic E-state index is 0.0198. The normalized spacial score (nSPS) is 28.5. The van der Waals surface area contributed by atoms with E-state index in [0.29, 0.717) is 23.6 Å². The first-order valence-electron chi connectivity index (χ1n) is 12.5. The SMILES string of the molecule is Cc1cc(CNC(=O)C2=NC3=NN=IN3C(C(=O)N[C@H]3CCC4C(C)C(C(O)O)CCC43)=C2)ccc1F. The van der Waals surface area contributed by atoms with Crippen LogP contribution < -0.4 is 10.6 Å². The Balaban J connectivity index is 1.27. The summed E-state index contributed by atoms with van der Waals surface area (Å²) < 4.78 is 19.3. The van der Waals surface area contributed by atoms with Crippen LogP contribution in [-0.4, -0.2) is 49.1 Å². The lowest BCUT2D eigenvalue weighted by Gasteiger charge is -2.40. The number of aliphatic imine (C=N–C) groups is 1. The number of carbonyl (C=O) groups excluding carboxylic acids is 2. The summed E-state index contributed by atoms with van der Waals surface area (Å²) in [5.41, 5.74) is 1.61. The van der Waals surface area contributed by atoms with E-state index in [4.69, 9.17) is 0 Å². The van der Waals surface area contributed by atoms with Gasteiger partial charge < -0.3 is 20.8 Å². The summed E-state index contributed by atoms with van der Waals surface area (Å²) in [6.07, 6.45) is 3.47. The van der Waals surface area contributed by atoms with Crippen LogP contribution in [0.3, 0.4) is 0 Å². The van der Waals surface area contributed by atoms with E-state index in [9.17, 15) is 24.2 Å². The molecule has 198 valence electrons. The molecule has 4 N–H and O–H groups in total. The summed E-state index contributed by atoms with van der Waals surface area (Å²) in [5, 5.41) is 29.4. The molecule has 2 aliphatic carbocycles. The van der Waals surface area contributed by atoms with Gasteiger partial charge in [0.15, 0.2) is 27.6 Å². The van der Waals surface area contributed by atoms with Crippen molar-refractivity contribution in [1.29, 1.82) is 0 Å². The molecule has 10 nitrogen and oxygen atoms in total. The van der Waals surface area contributed by atoms with Crippen LogP contribution in [0.25, 0.3) is 0 Å². The van der Waals surface area contributed by atoms with E-state index in [1.165, 1.54) is 12.1 Å². The predicted octanol–water partition coefficient (Wildman–Crippen LogP) is 2.61. The number of hydrogen-bond donors (Lipinski definition) is 4. The van der Waals surface area contributed by atoms with Gasteiger partial charge in [-0.1, -0.05) is 19.1 Å². The summed E-state index contributed by atoms with van der Waals surface area (Å²) in [7, 11) is 0. The molecule has 0 aromatic heterocycles. The Bertz CT molecular complexity index is 1230. The molecule has 5 rings (SSSR count). The highest BCUT2D eigenvalue weighted by molar-refractivity contribution is 14.1. The number of benzene rings is 1. The number of aliphatic hydroxyl groups is 2. The van der Waals surface area contributed by atoms with Crippen LogP contribution in [-0.2, 0) is 16.1 Å². The van der Waals surface area contributed by atoms with Crippen molar-refractivity contribution in [3.8, 4) is 0 Å². The first-order valence-corrected chi connectivity index (χ1v) is 14.4. The van der Waals surface area contributed by atoms with Crippen molar-refractivity contribution in [3.63, 3.8) is 0 Å². The first kappa shape index (κ1) is 26.0. The summed E-state index contributed by atoms with van der Waals surface area (Å²) in [4.78, 5) is 30.6. The van der Waals surface area contributed by atoms with E-state index in [1.54, 1.807) is 22.2 Å². The maximum absolute atomic E-state index is 13.5. The zero-order chi connectivity index (χ0) is 26.3. The first-order chi connectivity index (χ1) is 17.7. The van der Waals surface area contributed by atoms with Gasteiger partial charge >= 0.3 is 0 Å². The fraction of sp³-hybridized carbons (Fsp3) is 0.520. The molecular formula is C25H30FIN6O4. The lowest BCUT2D eigenvalue weighted by Crippen LogP contribution is -2.46. The fourth-order valence-corrected chi connectivity index (χ4v) is 7.50. The standard InChI is InChI=1S/C25H30FIN6O4/c1-12-9-14(3-7-18(12)26)11-28-22(34)20-10-21(33-25(30-20)31-32-27-33)23(35)29-19-8-6-15-13(2)16(24(36)37)4-5-17(15)19/h3,7,9-10,13,15-17,19,24,36-37H,4-6,8,11H2,1-2H3,(H,28,34)(H,29,35)/t13?,15?,16?,17?,19-/m0/s1. The van der Waals surface area contributed by atoms with Crippen LogP contribution in [0.15, 0.2) is 43.3 Å². The van der Waals surface area contributed by atoms with Crippen molar-refractivity contribution in [2.75, 3.05) is 0 Å². The molecule has 2 heterocycles. The van der Waals surface area contributed by atoms with Gasteiger partial charge in [-0.05, 0) is 73.6 Å². The van der Waals surface area contributed by atoms with E-state index >= 15 is 0 Å². The van der Waals surface area contributed by atoms with Crippen LogP contribution in [0.2, 0.25) is 0 Å². The van der Waals surface area contributed by atoms with Crippen molar-refractivity contribution >= 4 is 44.8 Å². The van der Waals surface area contributed by atoms with Crippen LogP contribution >= 0.6 is 21.3 Å². The number of amides is 2. The molecule has 4 aliphatic rings.